The lowest BCUT2D eigenvalue weighted by Crippen LogP contribution is -2.55. The van der Waals surface area contributed by atoms with Gasteiger partial charge in [-0.05, 0) is 66.7 Å². The Hall–Kier alpha value is -2.51. The SMILES string of the molecule is CC1(C)C2CCC1(CS(=O)(=O)N1CCC3(C=Cc4ccccc43)CC1)[C@@H](NC(=O)c1ccncc1)C2. The number of piperidine rings is 1. The van der Waals surface area contributed by atoms with E-state index in [-0.39, 0.29) is 28.5 Å². The monoisotopic (exact) mass is 505 g/mol. The van der Waals surface area contributed by atoms with Crippen LogP contribution in [0.4, 0.5) is 0 Å². The smallest absolute Gasteiger partial charge is 0.251 e. The maximum Gasteiger partial charge on any atom is 0.251 e. The van der Waals surface area contributed by atoms with E-state index in [1.807, 2.05) is 0 Å². The third-order valence-corrected chi connectivity index (χ3v) is 12.2. The lowest BCUT2D eigenvalue weighted by Gasteiger charge is -2.45. The van der Waals surface area contributed by atoms with Gasteiger partial charge < -0.3 is 5.32 Å². The number of nitrogens with one attached hydrogen (secondary N) is 1. The third kappa shape index (κ3) is 3.50. The largest absolute Gasteiger partial charge is 0.349 e. The van der Waals surface area contributed by atoms with Gasteiger partial charge in [-0.15, -0.1) is 0 Å². The summed E-state index contributed by atoms with van der Waals surface area (Å²) < 4.78 is 29.6. The molecule has 3 fully saturated rings. The minimum absolute atomic E-state index is 0.0486. The molecule has 190 valence electrons. The van der Waals surface area contributed by atoms with E-state index in [1.54, 1.807) is 28.8 Å². The van der Waals surface area contributed by atoms with Gasteiger partial charge in [0.1, 0.15) is 0 Å². The molecule has 2 heterocycles. The van der Waals surface area contributed by atoms with Gasteiger partial charge in [0, 0.05) is 47.9 Å². The number of hydrogen-bond acceptors (Lipinski definition) is 4. The van der Waals surface area contributed by atoms with Crippen LogP contribution in [0.3, 0.4) is 0 Å². The molecular weight excluding hydrogens is 470 g/mol. The van der Waals surface area contributed by atoms with Crippen molar-refractivity contribution in [1.82, 2.24) is 14.6 Å². The van der Waals surface area contributed by atoms with E-state index in [1.165, 1.54) is 11.1 Å². The predicted molar refractivity (Wildman–Crippen MR) is 141 cm³/mol. The topological polar surface area (TPSA) is 79.4 Å². The van der Waals surface area contributed by atoms with Crippen LogP contribution in [0.25, 0.3) is 6.08 Å². The van der Waals surface area contributed by atoms with E-state index in [2.05, 4.69) is 60.6 Å². The van der Waals surface area contributed by atoms with Gasteiger partial charge in [-0.1, -0.05) is 50.3 Å². The van der Waals surface area contributed by atoms with Crippen LogP contribution in [0, 0.1) is 16.7 Å². The average molecular weight is 506 g/mol. The molecule has 2 saturated carbocycles. The Balaban J connectivity index is 1.22. The van der Waals surface area contributed by atoms with Crippen LogP contribution in [-0.2, 0) is 15.4 Å². The second-order valence-corrected chi connectivity index (χ2v) is 13.8. The summed E-state index contributed by atoms with van der Waals surface area (Å²) in [6, 6.07) is 11.7. The highest BCUT2D eigenvalue weighted by Crippen LogP contribution is 2.66. The normalized spacial score (nSPS) is 29.9. The molecule has 1 aromatic heterocycles. The molecule has 1 aliphatic heterocycles. The first-order chi connectivity index (χ1) is 17.2. The number of fused-ring (bicyclic) bond motifs is 4. The van der Waals surface area contributed by atoms with E-state index in [4.69, 9.17) is 0 Å². The minimum atomic E-state index is -3.49. The fraction of sp³-hybridized carbons (Fsp3) is 0.517. The molecule has 0 radical (unpaired) electrons. The third-order valence-electron chi connectivity index (χ3n) is 10.2. The molecule has 2 bridgehead atoms. The van der Waals surface area contributed by atoms with Gasteiger partial charge in [0.2, 0.25) is 10.0 Å². The molecule has 36 heavy (non-hydrogen) atoms. The summed E-state index contributed by atoms with van der Waals surface area (Å²) in [7, 11) is -3.49. The maximum atomic E-state index is 13.9. The Morgan fingerprint density at radius 3 is 2.53 bits per heavy atom. The molecule has 3 aliphatic carbocycles. The van der Waals surface area contributed by atoms with Crippen LogP contribution in [-0.4, -0.2) is 48.5 Å². The summed E-state index contributed by atoms with van der Waals surface area (Å²) in [5, 5.41) is 3.24. The Kier molecular flexibility index (Phi) is 5.47. The Bertz CT molecular complexity index is 1310. The summed E-state index contributed by atoms with van der Waals surface area (Å²) in [4.78, 5) is 17.0. The van der Waals surface area contributed by atoms with Crippen LogP contribution in [0.1, 0.15) is 67.4 Å². The fourth-order valence-corrected chi connectivity index (χ4v) is 10.1. The molecule has 3 atom stereocenters. The highest BCUT2D eigenvalue weighted by atomic mass is 32.2. The molecule has 6 rings (SSSR count). The number of sulfonamides is 1. The number of hydrogen-bond donors (Lipinski definition) is 1. The van der Waals surface area contributed by atoms with Crippen molar-refractivity contribution in [3.63, 3.8) is 0 Å². The van der Waals surface area contributed by atoms with E-state index in [9.17, 15) is 13.2 Å². The van der Waals surface area contributed by atoms with Crippen LogP contribution in [0.5, 0.6) is 0 Å². The lowest BCUT2D eigenvalue weighted by atomic mass is 9.69. The number of nitrogens with zero attached hydrogens (tertiary/aromatic N) is 2. The number of carbonyl (C=O) groups is 1. The van der Waals surface area contributed by atoms with Crippen molar-refractivity contribution in [1.29, 1.82) is 0 Å². The number of aromatic nitrogens is 1. The quantitative estimate of drug-likeness (QED) is 0.653. The van der Waals surface area contributed by atoms with Crippen molar-refractivity contribution >= 4 is 22.0 Å². The lowest BCUT2D eigenvalue weighted by molar-refractivity contribution is 0.0828. The highest BCUT2D eigenvalue weighted by Gasteiger charge is 2.66. The van der Waals surface area contributed by atoms with Crippen molar-refractivity contribution < 1.29 is 13.2 Å². The molecule has 1 N–H and O–H groups in total. The molecule has 2 unspecified atom stereocenters. The van der Waals surface area contributed by atoms with Crippen LogP contribution in [0.2, 0.25) is 0 Å². The van der Waals surface area contributed by atoms with Crippen molar-refractivity contribution in [2.45, 2.75) is 57.4 Å². The standard InChI is InChI=1S/C29H35N3O3S/c1-27(2)23-8-12-29(27,25(19-23)31-26(33)22-9-15-30-16-10-22)20-36(34,35)32-17-13-28(14-18-32)11-7-21-5-3-4-6-24(21)28/h3-7,9-11,15-16,23,25H,8,12-14,17-20H2,1-2H3,(H,31,33)/t23?,25-,29?/m0/s1. The fourth-order valence-electron chi connectivity index (χ4n) is 7.82. The predicted octanol–water partition coefficient (Wildman–Crippen LogP) is 4.40. The molecule has 4 aliphatic rings. The summed E-state index contributed by atoms with van der Waals surface area (Å²) in [5.41, 5.74) is 2.48. The Morgan fingerprint density at radius 2 is 1.81 bits per heavy atom. The van der Waals surface area contributed by atoms with E-state index in [0.29, 0.717) is 24.6 Å². The van der Waals surface area contributed by atoms with Gasteiger partial charge in [-0.25, -0.2) is 12.7 Å². The Labute approximate surface area is 214 Å². The summed E-state index contributed by atoms with van der Waals surface area (Å²) >= 11 is 0. The molecule has 6 nitrogen and oxygen atoms in total. The van der Waals surface area contributed by atoms with Gasteiger partial charge in [0.15, 0.2) is 0 Å². The van der Waals surface area contributed by atoms with Gasteiger partial charge >= 0.3 is 0 Å². The van der Waals surface area contributed by atoms with Crippen molar-refractivity contribution in [3.8, 4) is 0 Å². The number of rotatable bonds is 5. The second kappa shape index (κ2) is 8.25. The molecule has 1 spiro atoms. The van der Waals surface area contributed by atoms with Gasteiger partial charge in [-0.2, -0.15) is 0 Å². The summed E-state index contributed by atoms with van der Waals surface area (Å²) in [6.07, 6.45) is 12.0. The Morgan fingerprint density at radius 1 is 1.08 bits per heavy atom. The van der Waals surface area contributed by atoms with E-state index in [0.717, 1.165) is 32.1 Å². The molecule has 1 saturated heterocycles. The zero-order valence-electron chi connectivity index (χ0n) is 21.1. The van der Waals surface area contributed by atoms with Gasteiger partial charge in [-0.3, -0.25) is 9.78 Å². The van der Waals surface area contributed by atoms with E-state index >= 15 is 0 Å². The second-order valence-electron chi connectivity index (χ2n) is 11.8. The first-order valence-corrected chi connectivity index (χ1v) is 14.8. The zero-order valence-corrected chi connectivity index (χ0v) is 21.9. The molecule has 7 heteroatoms. The van der Waals surface area contributed by atoms with Crippen molar-refractivity contribution in [3.05, 3.63) is 71.6 Å². The van der Waals surface area contributed by atoms with Crippen molar-refractivity contribution in [2.75, 3.05) is 18.8 Å². The summed E-state index contributed by atoms with van der Waals surface area (Å²) in [5.74, 6) is 0.374. The average Bonchev–Trinajstić information content (AvgIpc) is 3.41. The zero-order chi connectivity index (χ0) is 25.2. The first-order valence-electron chi connectivity index (χ1n) is 13.1. The first kappa shape index (κ1) is 23.9. The number of pyridine rings is 1. The molecule has 1 aromatic carbocycles. The van der Waals surface area contributed by atoms with Crippen LogP contribution >= 0.6 is 0 Å². The molecule has 2 aromatic rings. The number of amides is 1. The number of benzene rings is 1. The number of carbonyl (C=O) groups excluding carboxylic acids is 1. The molecular formula is C29H35N3O3S. The van der Waals surface area contributed by atoms with Crippen LogP contribution < -0.4 is 5.32 Å². The van der Waals surface area contributed by atoms with Gasteiger partial charge in [0.25, 0.3) is 5.91 Å². The highest BCUT2D eigenvalue weighted by molar-refractivity contribution is 7.89. The van der Waals surface area contributed by atoms with Crippen molar-refractivity contribution in [2.24, 2.45) is 16.7 Å². The number of allylic oxidation sites excluding steroid dienone is 1. The molecule has 1 amide bonds. The maximum absolute atomic E-state index is 13.9. The van der Waals surface area contributed by atoms with Gasteiger partial charge in [0.05, 0.1) is 5.75 Å². The van der Waals surface area contributed by atoms with E-state index < -0.39 is 15.4 Å². The minimum Gasteiger partial charge on any atom is -0.349 e. The summed E-state index contributed by atoms with van der Waals surface area (Å²) in [6.45, 7) is 5.50. The van der Waals surface area contributed by atoms with Crippen LogP contribution in [0.15, 0.2) is 54.9 Å².